The van der Waals surface area contributed by atoms with Crippen molar-refractivity contribution in [2.45, 2.75) is 31.6 Å². The van der Waals surface area contributed by atoms with Crippen molar-refractivity contribution in [2.75, 3.05) is 0 Å². The molecule has 0 atom stereocenters. The largest absolute Gasteiger partial charge is 0.276 e. The highest BCUT2D eigenvalue weighted by atomic mass is 32.2. The molecule has 5 heteroatoms. The Balaban J connectivity index is 2.06. The summed E-state index contributed by atoms with van der Waals surface area (Å²) in [7, 11) is -3.62. The number of hydrogen-bond acceptors (Lipinski definition) is 3. The van der Waals surface area contributed by atoms with E-state index >= 15 is 0 Å². The van der Waals surface area contributed by atoms with E-state index in [1.54, 1.807) is 24.3 Å². The first kappa shape index (κ1) is 16.2. The van der Waals surface area contributed by atoms with E-state index in [1.807, 2.05) is 31.2 Å². The Kier molecular flexibility index (Phi) is 4.98. The predicted molar refractivity (Wildman–Crippen MR) is 89.6 cm³/mol. The van der Waals surface area contributed by atoms with Gasteiger partial charge in [0.05, 0.1) is 11.1 Å². The molecule has 4 nitrogen and oxygen atoms in total. The van der Waals surface area contributed by atoms with Crippen LogP contribution < -0.4 is 4.83 Å². The summed E-state index contributed by atoms with van der Waals surface area (Å²) in [4.78, 5) is 2.42. The van der Waals surface area contributed by atoms with Crippen LogP contribution in [0.15, 0.2) is 58.5 Å². The average molecular weight is 316 g/mol. The van der Waals surface area contributed by atoms with Gasteiger partial charge in [-0.1, -0.05) is 55.8 Å². The van der Waals surface area contributed by atoms with Crippen LogP contribution in [-0.4, -0.2) is 14.6 Å². The van der Waals surface area contributed by atoms with Gasteiger partial charge in [0.2, 0.25) is 0 Å². The van der Waals surface area contributed by atoms with Crippen molar-refractivity contribution in [3.05, 3.63) is 65.2 Å². The monoisotopic (exact) mass is 316 g/mol. The summed E-state index contributed by atoms with van der Waals surface area (Å²) < 4.78 is 24.1. The van der Waals surface area contributed by atoms with Gasteiger partial charge < -0.3 is 0 Å². The molecule has 2 rings (SSSR count). The van der Waals surface area contributed by atoms with E-state index in [-0.39, 0.29) is 4.90 Å². The summed E-state index contributed by atoms with van der Waals surface area (Å²) in [5, 5.41) is 3.82. The zero-order valence-corrected chi connectivity index (χ0v) is 13.8. The minimum atomic E-state index is -3.62. The van der Waals surface area contributed by atoms with Crippen molar-refractivity contribution in [3.8, 4) is 0 Å². The first-order valence-corrected chi connectivity index (χ1v) is 8.58. The molecule has 0 spiro atoms. The van der Waals surface area contributed by atoms with Crippen LogP contribution in [0.25, 0.3) is 0 Å². The van der Waals surface area contributed by atoms with Gasteiger partial charge in [0.25, 0.3) is 10.0 Å². The first-order chi connectivity index (χ1) is 10.4. The molecule has 2 aromatic rings. The number of nitrogens with one attached hydrogen (secondary N) is 1. The zero-order chi connectivity index (χ0) is 16.2. The van der Waals surface area contributed by atoms with Gasteiger partial charge >= 0.3 is 0 Å². The third-order valence-electron chi connectivity index (χ3n) is 3.32. The lowest BCUT2D eigenvalue weighted by Crippen LogP contribution is -2.18. The quantitative estimate of drug-likeness (QED) is 0.678. The normalized spacial score (nSPS) is 12.0. The lowest BCUT2D eigenvalue weighted by molar-refractivity contribution is 0.584. The molecule has 0 aliphatic rings. The van der Waals surface area contributed by atoms with E-state index in [9.17, 15) is 8.42 Å². The van der Waals surface area contributed by atoms with Crippen LogP contribution in [0.2, 0.25) is 0 Å². The highest BCUT2D eigenvalue weighted by Gasteiger charge is 2.11. The van der Waals surface area contributed by atoms with E-state index < -0.39 is 10.0 Å². The van der Waals surface area contributed by atoms with Gasteiger partial charge in [-0.15, -0.1) is 0 Å². The molecule has 0 heterocycles. The zero-order valence-electron chi connectivity index (χ0n) is 12.9. The molecule has 0 fully saturated rings. The molecule has 22 heavy (non-hydrogen) atoms. The van der Waals surface area contributed by atoms with E-state index in [0.29, 0.717) is 5.92 Å². The van der Waals surface area contributed by atoms with Crippen LogP contribution in [-0.2, 0) is 10.0 Å². The van der Waals surface area contributed by atoms with Crippen molar-refractivity contribution < 1.29 is 8.42 Å². The lowest BCUT2D eigenvalue weighted by atomic mass is 10.0. The first-order valence-electron chi connectivity index (χ1n) is 7.10. The number of aryl methyl sites for hydroxylation is 1. The molecule has 0 radical (unpaired) electrons. The van der Waals surface area contributed by atoms with E-state index in [0.717, 1.165) is 11.1 Å². The topological polar surface area (TPSA) is 58.5 Å². The highest BCUT2D eigenvalue weighted by Crippen LogP contribution is 2.14. The fourth-order valence-electron chi connectivity index (χ4n) is 1.91. The maximum absolute atomic E-state index is 12.1. The maximum Gasteiger partial charge on any atom is 0.276 e. The second-order valence-electron chi connectivity index (χ2n) is 5.49. The van der Waals surface area contributed by atoms with Gasteiger partial charge in [-0.2, -0.15) is 13.5 Å². The van der Waals surface area contributed by atoms with Gasteiger partial charge in [-0.05, 0) is 36.1 Å². The lowest BCUT2D eigenvalue weighted by Gasteiger charge is -2.05. The van der Waals surface area contributed by atoms with E-state index in [1.165, 1.54) is 11.8 Å². The smallest absolute Gasteiger partial charge is 0.200 e. The van der Waals surface area contributed by atoms with Crippen molar-refractivity contribution in [2.24, 2.45) is 5.10 Å². The number of benzene rings is 2. The van der Waals surface area contributed by atoms with Crippen LogP contribution in [0.4, 0.5) is 0 Å². The average Bonchev–Trinajstić information content (AvgIpc) is 2.48. The maximum atomic E-state index is 12.1. The second kappa shape index (κ2) is 6.75. The van der Waals surface area contributed by atoms with Gasteiger partial charge in [-0.25, -0.2) is 4.83 Å². The minimum absolute atomic E-state index is 0.199. The summed E-state index contributed by atoms with van der Waals surface area (Å²) in [6.07, 6.45) is 1.50. The SMILES string of the molecule is Cc1ccc(S(=O)(=O)N/N=C\c2ccc(C(C)C)cc2)cc1. The third kappa shape index (κ3) is 4.18. The number of hydrogen-bond donors (Lipinski definition) is 1. The molecule has 0 bridgehead atoms. The van der Waals surface area contributed by atoms with Crippen LogP contribution in [0.5, 0.6) is 0 Å². The van der Waals surface area contributed by atoms with Gasteiger partial charge in [0.15, 0.2) is 0 Å². The molecule has 2 aromatic carbocycles. The molecule has 0 saturated heterocycles. The number of rotatable bonds is 5. The Hall–Kier alpha value is -2.14. The van der Waals surface area contributed by atoms with Crippen LogP contribution in [0.1, 0.15) is 36.5 Å². The fraction of sp³-hybridized carbons (Fsp3) is 0.235. The molecule has 0 unspecified atom stereocenters. The Morgan fingerprint density at radius 2 is 1.59 bits per heavy atom. The van der Waals surface area contributed by atoms with Crippen molar-refractivity contribution >= 4 is 16.2 Å². The Morgan fingerprint density at radius 3 is 2.14 bits per heavy atom. The predicted octanol–water partition coefficient (Wildman–Crippen LogP) is 3.43. The molecule has 1 N–H and O–H groups in total. The molecule has 0 saturated carbocycles. The second-order valence-corrected chi connectivity index (χ2v) is 7.15. The summed E-state index contributed by atoms with van der Waals surface area (Å²) in [6.45, 7) is 6.15. The highest BCUT2D eigenvalue weighted by molar-refractivity contribution is 7.89. The van der Waals surface area contributed by atoms with E-state index in [2.05, 4.69) is 23.8 Å². The molecule has 116 valence electrons. The van der Waals surface area contributed by atoms with Crippen molar-refractivity contribution in [1.82, 2.24) is 4.83 Å². The van der Waals surface area contributed by atoms with Crippen molar-refractivity contribution in [1.29, 1.82) is 0 Å². The van der Waals surface area contributed by atoms with E-state index in [4.69, 9.17) is 0 Å². The number of hydrazone groups is 1. The summed E-state index contributed by atoms with van der Waals surface area (Å²) in [5.74, 6) is 0.464. The molecule has 0 amide bonds. The minimum Gasteiger partial charge on any atom is -0.200 e. The number of sulfonamides is 1. The molecular formula is C17H20N2O2S. The number of nitrogens with zero attached hydrogens (tertiary/aromatic N) is 1. The third-order valence-corrected chi connectivity index (χ3v) is 4.56. The summed E-state index contributed by atoms with van der Waals surface area (Å²) in [6, 6.07) is 14.5. The Bertz CT molecular complexity index is 746. The summed E-state index contributed by atoms with van der Waals surface area (Å²) >= 11 is 0. The van der Waals surface area contributed by atoms with Crippen LogP contribution in [0.3, 0.4) is 0 Å². The molecule has 0 aliphatic carbocycles. The molecular weight excluding hydrogens is 296 g/mol. The fourth-order valence-corrected chi connectivity index (χ4v) is 2.70. The van der Waals surface area contributed by atoms with Gasteiger partial charge in [0, 0.05) is 0 Å². The molecule has 0 aliphatic heterocycles. The van der Waals surface area contributed by atoms with Gasteiger partial charge in [-0.3, -0.25) is 0 Å². The van der Waals surface area contributed by atoms with Crippen LogP contribution >= 0.6 is 0 Å². The van der Waals surface area contributed by atoms with Gasteiger partial charge in [0.1, 0.15) is 0 Å². The standard InChI is InChI=1S/C17H20N2O2S/c1-13(2)16-8-6-15(7-9-16)12-18-19-22(20,21)17-10-4-14(3)5-11-17/h4-13,19H,1-3H3/b18-12-. The van der Waals surface area contributed by atoms with Crippen LogP contribution in [0, 0.1) is 6.92 Å². The Morgan fingerprint density at radius 1 is 1.00 bits per heavy atom. The summed E-state index contributed by atoms with van der Waals surface area (Å²) in [5.41, 5.74) is 3.08. The van der Waals surface area contributed by atoms with Crippen molar-refractivity contribution in [3.63, 3.8) is 0 Å². The molecule has 0 aromatic heterocycles. The Labute approximate surface area is 131 Å².